The van der Waals surface area contributed by atoms with E-state index in [1.807, 2.05) is 6.07 Å². The zero-order valence-corrected chi connectivity index (χ0v) is 18.3. The first-order chi connectivity index (χ1) is 14.4. The van der Waals surface area contributed by atoms with Crippen molar-refractivity contribution in [3.8, 4) is 0 Å². The van der Waals surface area contributed by atoms with Gasteiger partial charge in [-0.3, -0.25) is 9.69 Å². The van der Waals surface area contributed by atoms with Gasteiger partial charge < -0.3 is 20.0 Å². The summed E-state index contributed by atoms with van der Waals surface area (Å²) in [7, 11) is 2.32. The number of piperazine rings is 1. The van der Waals surface area contributed by atoms with Crippen LogP contribution in [0.1, 0.15) is 56.3 Å². The number of rotatable bonds is 3. The Bertz CT molecular complexity index is 929. The van der Waals surface area contributed by atoms with E-state index in [9.17, 15) is 4.79 Å². The highest BCUT2D eigenvalue weighted by molar-refractivity contribution is 6.03. The number of para-hydroxylation sites is 1. The fourth-order valence-electron chi connectivity index (χ4n) is 6.05. The van der Waals surface area contributed by atoms with Crippen molar-refractivity contribution in [1.82, 2.24) is 14.8 Å². The minimum atomic E-state index is -0.473. The monoisotopic (exact) mass is 411 g/mol. The Morgan fingerprint density at radius 3 is 2.53 bits per heavy atom. The second kappa shape index (κ2) is 7.54. The zero-order chi connectivity index (χ0) is 21.0. The van der Waals surface area contributed by atoms with Crippen LogP contribution in [0.5, 0.6) is 0 Å². The number of oxazole rings is 1. The second-order valence-electron chi connectivity index (χ2n) is 9.59. The summed E-state index contributed by atoms with van der Waals surface area (Å²) in [6.07, 6.45) is 6.65. The number of hydrogen-bond donors (Lipinski definition) is 1. The maximum atomic E-state index is 11.8. The summed E-state index contributed by atoms with van der Waals surface area (Å²) in [6, 6.07) is 8.82. The third-order valence-corrected chi connectivity index (χ3v) is 7.74. The molecular formula is C23H33N5O2. The summed E-state index contributed by atoms with van der Waals surface area (Å²) in [5, 5.41) is 0. The quantitative estimate of drug-likeness (QED) is 0.837. The normalized spacial score (nSPS) is 33.2. The summed E-state index contributed by atoms with van der Waals surface area (Å²) in [5.74, 6) is -0.473. The molecule has 0 spiro atoms. The van der Waals surface area contributed by atoms with Crippen molar-refractivity contribution >= 4 is 23.0 Å². The molecule has 4 heterocycles. The zero-order valence-electron chi connectivity index (χ0n) is 18.3. The molecule has 2 aromatic rings. The van der Waals surface area contributed by atoms with Crippen LogP contribution in [-0.4, -0.2) is 71.0 Å². The highest BCUT2D eigenvalue weighted by Gasteiger charge is 2.42. The number of benzene rings is 1. The van der Waals surface area contributed by atoms with E-state index in [0.29, 0.717) is 40.8 Å². The number of anilines is 1. The van der Waals surface area contributed by atoms with E-state index >= 15 is 0 Å². The third-order valence-electron chi connectivity index (χ3n) is 7.74. The first-order valence-electron chi connectivity index (χ1n) is 11.4. The topological polar surface area (TPSA) is 78.8 Å². The van der Waals surface area contributed by atoms with E-state index < -0.39 is 5.91 Å². The van der Waals surface area contributed by atoms with Gasteiger partial charge in [-0.25, -0.2) is 0 Å². The minimum Gasteiger partial charge on any atom is -0.423 e. The fourth-order valence-corrected chi connectivity index (χ4v) is 6.05. The van der Waals surface area contributed by atoms with Gasteiger partial charge in [-0.1, -0.05) is 12.5 Å². The molecule has 7 heteroatoms. The first kappa shape index (κ1) is 19.8. The lowest BCUT2D eigenvalue weighted by atomic mass is 9.81. The van der Waals surface area contributed by atoms with Gasteiger partial charge in [0.1, 0.15) is 5.52 Å². The van der Waals surface area contributed by atoms with Crippen molar-refractivity contribution in [2.45, 2.75) is 76.2 Å². The number of nitrogens with zero attached hydrogens (tertiary/aromatic N) is 4. The van der Waals surface area contributed by atoms with Crippen molar-refractivity contribution in [2.75, 3.05) is 25.0 Å². The molecule has 2 unspecified atom stereocenters. The first-order valence-corrected chi connectivity index (χ1v) is 11.4. The molecule has 5 rings (SSSR count). The maximum absolute atomic E-state index is 11.8. The SMILES string of the molecule is C[C@@H]1CN(c2nc3c(C(N)=O)cccc3o2)[C@@H](C)CN1C1CC2CCCC(C1)N2C. The maximum Gasteiger partial charge on any atom is 0.298 e. The van der Waals surface area contributed by atoms with Crippen LogP contribution >= 0.6 is 0 Å². The number of aromatic nitrogens is 1. The Labute approximate surface area is 178 Å². The number of nitrogens with two attached hydrogens (primary N) is 1. The van der Waals surface area contributed by atoms with E-state index in [0.717, 1.165) is 25.2 Å². The molecule has 3 saturated heterocycles. The van der Waals surface area contributed by atoms with Gasteiger partial charge >= 0.3 is 0 Å². The lowest BCUT2D eigenvalue weighted by molar-refractivity contribution is -0.0107. The number of carbonyl (C=O) groups excluding carboxylic acids is 1. The number of piperidine rings is 2. The van der Waals surface area contributed by atoms with Gasteiger partial charge in [0.2, 0.25) is 0 Å². The highest BCUT2D eigenvalue weighted by Crippen LogP contribution is 2.37. The molecule has 2 N–H and O–H groups in total. The van der Waals surface area contributed by atoms with E-state index in [1.165, 1.54) is 32.1 Å². The lowest BCUT2D eigenvalue weighted by Crippen LogP contribution is -2.63. The Morgan fingerprint density at radius 1 is 1.10 bits per heavy atom. The summed E-state index contributed by atoms with van der Waals surface area (Å²) >= 11 is 0. The van der Waals surface area contributed by atoms with Crippen LogP contribution < -0.4 is 10.6 Å². The Kier molecular flexibility index (Phi) is 4.98. The van der Waals surface area contributed by atoms with Gasteiger partial charge in [0, 0.05) is 43.3 Å². The number of fused-ring (bicyclic) bond motifs is 3. The molecule has 7 nitrogen and oxygen atoms in total. The van der Waals surface area contributed by atoms with Crippen molar-refractivity contribution in [3.63, 3.8) is 0 Å². The average Bonchev–Trinajstić information content (AvgIpc) is 3.13. The fraction of sp³-hybridized carbons (Fsp3) is 0.652. The van der Waals surface area contributed by atoms with Crippen molar-refractivity contribution in [2.24, 2.45) is 5.73 Å². The number of amides is 1. The molecule has 3 aliphatic rings. The largest absolute Gasteiger partial charge is 0.423 e. The Morgan fingerprint density at radius 2 is 1.83 bits per heavy atom. The summed E-state index contributed by atoms with van der Waals surface area (Å²) in [4.78, 5) is 24.0. The Hall–Kier alpha value is -2.12. The van der Waals surface area contributed by atoms with E-state index in [2.05, 4.69) is 40.6 Å². The van der Waals surface area contributed by atoms with Crippen LogP contribution in [0.2, 0.25) is 0 Å². The van der Waals surface area contributed by atoms with E-state index in [4.69, 9.17) is 10.2 Å². The Balaban J connectivity index is 1.35. The van der Waals surface area contributed by atoms with E-state index in [1.54, 1.807) is 12.1 Å². The summed E-state index contributed by atoms with van der Waals surface area (Å²) in [5.41, 5.74) is 7.12. The molecule has 1 aromatic carbocycles. The van der Waals surface area contributed by atoms with Crippen LogP contribution in [0.15, 0.2) is 22.6 Å². The standard InChI is InChI=1S/C23H33N5O2/c1-14-13-28(23-25-21-19(22(24)29)8-5-9-20(21)30-23)15(2)12-27(14)18-10-16-6-4-7-17(11-18)26(16)3/h5,8-9,14-18H,4,6-7,10-13H2,1-3H3,(H2,24,29)/t14-,15+,16?,17?,18?/m1/s1. The molecule has 0 saturated carbocycles. The van der Waals surface area contributed by atoms with Crippen molar-refractivity contribution in [1.29, 1.82) is 0 Å². The van der Waals surface area contributed by atoms with Gasteiger partial charge in [0.25, 0.3) is 11.9 Å². The summed E-state index contributed by atoms with van der Waals surface area (Å²) < 4.78 is 6.05. The second-order valence-corrected chi connectivity index (χ2v) is 9.59. The average molecular weight is 412 g/mol. The van der Waals surface area contributed by atoms with Crippen LogP contribution in [0.3, 0.4) is 0 Å². The predicted octanol–water partition coefficient (Wildman–Crippen LogP) is 2.84. The van der Waals surface area contributed by atoms with Gasteiger partial charge in [-0.05, 0) is 58.7 Å². The molecule has 3 fully saturated rings. The van der Waals surface area contributed by atoms with E-state index in [-0.39, 0.29) is 0 Å². The van der Waals surface area contributed by atoms with Gasteiger partial charge in [-0.2, -0.15) is 4.98 Å². The molecule has 3 aliphatic heterocycles. The van der Waals surface area contributed by atoms with Crippen LogP contribution in [0.25, 0.3) is 11.1 Å². The number of hydrogen-bond acceptors (Lipinski definition) is 6. The molecule has 30 heavy (non-hydrogen) atoms. The molecule has 1 aromatic heterocycles. The molecule has 0 aliphatic carbocycles. The lowest BCUT2D eigenvalue weighted by Gasteiger charge is -2.53. The predicted molar refractivity (Wildman–Crippen MR) is 118 cm³/mol. The van der Waals surface area contributed by atoms with Crippen LogP contribution in [-0.2, 0) is 0 Å². The third kappa shape index (κ3) is 3.28. The van der Waals surface area contributed by atoms with Gasteiger partial charge in [0.05, 0.1) is 5.56 Å². The smallest absolute Gasteiger partial charge is 0.298 e. The molecule has 4 atom stereocenters. The molecule has 1 amide bonds. The summed E-state index contributed by atoms with van der Waals surface area (Å²) in [6.45, 7) is 6.46. The van der Waals surface area contributed by atoms with Gasteiger partial charge in [0.15, 0.2) is 5.58 Å². The molecular weight excluding hydrogens is 378 g/mol. The molecule has 0 radical (unpaired) electrons. The van der Waals surface area contributed by atoms with Crippen LogP contribution in [0.4, 0.5) is 6.01 Å². The molecule has 162 valence electrons. The van der Waals surface area contributed by atoms with Crippen LogP contribution in [0, 0.1) is 0 Å². The number of carbonyl (C=O) groups is 1. The molecule has 2 bridgehead atoms. The van der Waals surface area contributed by atoms with Gasteiger partial charge in [-0.15, -0.1) is 0 Å². The highest BCUT2D eigenvalue weighted by atomic mass is 16.4. The number of primary amides is 1. The minimum absolute atomic E-state index is 0.297. The van der Waals surface area contributed by atoms with Crippen molar-refractivity contribution in [3.05, 3.63) is 23.8 Å². The van der Waals surface area contributed by atoms with Crippen molar-refractivity contribution < 1.29 is 9.21 Å².